The highest BCUT2D eigenvalue weighted by Crippen LogP contribution is 2.27. The quantitative estimate of drug-likeness (QED) is 0.854. The fourth-order valence-electron chi connectivity index (χ4n) is 2.79. The average molecular weight is 334 g/mol. The fraction of sp³-hybridized carbons (Fsp3) is 0.438. The lowest BCUT2D eigenvalue weighted by atomic mass is 10.1. The van der Waals surface area contributed by atoms with Crippen molar-refractivity contribution >= 4 is 22.8 Å². The number of nitrogens with two attached hydrogens (primary N) is 1. The molecule has 0 amide bonds. The van der Waals surface area contributed by atoms with Gasteiger partial charge in [0.2, 0.25) is 5.43 Å². The number of rotatable bonds is 2. The number of aromatic nitrogens is 2. The summed E-state index contributed by atoms with van der Waals surface area (Å²) < 4.78 is 16.0. The number of nitrogens with zero attached hydrogens (tertiary/aromatic N) is 3. The van der Waals surface area contributed by atoms with Crippen molar-refractivity contribution < 1.29 is 14.3 Å². The standard InChI is InChI=1S/C16H19FN4O3/c1-16(2,3)21-7-10(15(23)24)12(22)9-4-11(17)14(19-13(9)21)20-5-8(18)6-20/h4,7-8H,5-6,18H2,1-3H3,(H,23,24). The lowest BCUT2D eigenvalue weighted by molar-refractivity contribution is 0.0694. The second-order valence-corrected chi connectivity index (χ2v) is 7.05. The number of carbonyl (C=O) groups is 1. The first kappa shape index (κ1) is 16.4. The van der Waals surface area contributed by atoms with E-state index in [2.05, 4.69) is 4.98 Å². The van der Waals surface area contributed by atoms with E-state index >= 15 is 0 Å². The minimum atomic E-state index is -1.35. The first-order valence-electron chi connectivity index (χ1n) is 7.60. The molecule has 24 heavy (non-hydrogen) atoms. The smallest absolute Gasteiger partial charge is 0.341 e. The largest absolute Gasteiger partial charge is 0.477 e. The number of aromatic carboxylic acids is 1. The van der Waals surface area contributed by atoms with Crippen molar-refractivity contribution in [3.63, 3.8) is 0 Å². The fourth-order valence-corrected chi connectivity index (χ4v) is 2.79. The van der Waals surface area contributed by atoms with Crippen molar-refractivity contribution in [3.8, 4) is 0 Å². The minimum Gasteiger partial charge on any atom is -0.477 e. The maximum absolute atomic E-state index is 14.4. The van der Waals surface area contributed by atoms with Gasteiger partial charge in [-0.05, 0) is 26.8 Å². The molecule has 1 fully saturated rings. The van der Waals surface area contributed by atoms with Gasteiger partial charge in [-0.1, -0.05) is 0 Å². The summed E-state index contributed by atoms with van der Waals surface area (Å²) in [6.45, 7) is 6.54. The van der Waals surface area contributed by atoms with Gasteiger partial charge in [-0.3, -0.25) is 4.79 Å². The molecule has 2 aromatic rings. The van der Waals surface area contributed by atoms with E-state index in [1.54, 1.807) is 9.47 Å². The Morgan fingerprint density at radius 2 is 2.04 bits per heavy atom. The zero-order chi connectivity index (χ0) is 17.8. The van der Waals surface area contributed by atoms with Crippen LogP contribution in [0.2, 0.25) is 0 Å². The first-order chi connectivity index (χ1) is 11.1. The summed E-state index contributed by atoms with van der Waals surface area (Å²) in [5.41, 5.74) is 4.31. The van der Waals surface area contributed by atoms with Crippen LogP contribution in [0.15, 0.2) is 17.1 Å². The number of carboxylic acid groups (broad SMARTS) is 1. The average Bonchev–Trinajstić information content (AvgIpc) is 2.43. The number of pyridine rings is 2. The van der Waals surface area contributed by atoms with Gasteiger partial charge < -0.3 is 20.3 Å². The van der Waals surface area contributed by atoms with Crippen LogP contribution < -0.4 is 16.1 Å². The Morgan fingerprint density at radius 1 is 1.42 bits per heavy atom. The van der Waals surface area contributed by atoms with Crippen LogP contribution >= 0.6 is 0 Å². The van der Waals surface area contributed by atoms with E-state index in [9.17, 15) is 19.1 Å². The summed E-state index contributed by atoms with van der Waals surface area (Å²) in [5, 5.41) is 9.21. The molecule has 2 aromatic heterocycles. The summed E-state index contributed by atoms with van der Waals surface area (Å²) in [6.07, 6.45) is 1.27. The zero-order valence-corrected chi connectivity index (χ0v) is 13.7. The van der Waals surface area contributed by atoms with Crippen LogP contribution in [-0.2, 0) is 5.54 Å². The molecular weight excluding hydrogens is 315 g/mol. The van der Waals surface area contributed by atoms with E-state index in [1.807, 2.05) is 20.8 Å². The van der Waals surface area contributed by atoms with Gasteiger partial charge in [0.15, 0.2) is 11.6 Å². The zero-order valence-electron chi connectivity index (χ0n) is 13.7. The molecule has 0 aliphatic carbocycles. The van der Waals surface area contributed by atoms with Crippen LogP contribution in [0.5, 0.6) is 0 Å². The Labute approximate surface area is 137 Å². The monoisotopic (exact) mass is 334 g/mol. The lowest BCUT2D eigenvalue weighted by Crippen LogP contribution is -2.56. The first-order valence-corrected chi connectivity index (χ1v) is 7.60. The van der Waals surface area contributed by atoms with E-state index in [0.29, 0.717) is 13.1 Å². The van der Waals surface area contributed by atoms with E-state index in [0.717, 1.165) is 6.07 Å². The lowest BCUT2D eigenvalue weighted by Gasteiger charge is -2.38. The molecule has 0 aromatic carbocycles. The third-order valence-corrected chi connectivity index (χ3v) is 4.08. The van der Waals surface area contributed by atoms with Crippen LogP contribution in [0.1, 0.15) is 31.1 Å². The molecule has 3 heterocycles. The number of hydrogen-bond acceptors (Lipinski definition) is 5. The van der Waals surface area contributed by atoms with Gasteiger partial charge >= 0.3 is 5.97 Å². The second-order valence-electron chi connectivity index (χ2n) is 7.05. The van der Waals surface area contributed by atoms with Crippen molar-refractivity contribution in [2.45, 2.75) is 32.4 Å². The number of anilines is 1. The van der Waals surface area contributed by atoms with Gasteiger partial charge in [-0.15, -0.1) is 0 Å². The summed E-state index contributed by atoms with van der Waals surface area (Å²) in [4.78, 5) is 29.8. The molecule has 1 saturated heterocycles. The second kappa shape index (κ2) is 5.27. The molecule has 0 radical (unpaired) electrons. The van der Waals surface area contributed by atoms with Gasteiger partial charge in [-0.25, -0.2) is 14.2 Å². The van der Waals surface area contributed by atoms with Crippen LogP contribution in [0, 0.1) is 5.82 Å². The van der Waals surface area contributed by atoms with Crippen LogP contribution in [0.4, 0.5) is 10.2 Å². The molecule has 0 atom stereocenters. The van der Waals surface area contributed by atoms with E-state index in [-0.39, 0.29) is 22.9 Å². The molecule has 3 rings (SSSR count). The van der Waals surface area contributed by atoms with Gasteiger partial charge in [-0.2, -0.15) is 0 Å². The Bertz CT molecular complexity index is 895. The topological polar surface area (TPSA) is 101 Å². The highest BCUT2D eigenvalue weighted by atomic mass is 19.1. The maximum atomic E-state index is 14.4. The molecule has 128 valence electrons. The molecule has 0 saturated carbocycles. The number of fused-ring (bicyclic) bond motifs is 1. The van der Waals surface area contributed by atoms with Crippen molar-refractivity contribution in [2.24, 2.45) is 5.73 Å². The van der Waals surface area contributed by atoms with E-state index in [4.69, 9.17) is 5.73 Å². The van der Waals surface area contributed by atoms with Crippen molar-refractivity contribution in [3.05, 3.63) is 33.9 Å². The predicted molar refractivity (Wildman–Crippen MR) is 88.1 cm³/mol. The highest BCUT2D eigenvalue weighted by Gasteiger charge is 2.29. The molecule has 0 spiro atoms. The van der Waals surface area contributed by atoms with Crippen molar-refractivity contribution in [1.82, 2.24) is 9.55 Å². The van der Waals surface area contributed by atoms with Gasteiger partial charge in [0, 0.05) is 30.9 Å². The summed E-state index contributed by atoms with van der Waals surface area (Å²) >= 11 is 0. The molecule has 0 bridgehead atoms. The molecule has 7 nitrogen and oxygen atoms in total. The highest BCUT2D eigenvalue weighted by molar-refractivity contribution is 5.92. The summed E-state index contributed by atoms with van der Waals surface area (Å²) in [5.74, 6) is -1.88. The van der Waals surface area contributed by atoms with E-state index in [1.165, 1.54) is 6.20 Å². The van der Waals surface area contributed by atoms with Gasteiger partial charge in [0.05, 0.1) is 5.39 Å². The Morgan fingerprint density at radius 3 is 2.54 bits per heavy atom. The summed E-state index contributed by atoms with van der Waals surface area (Å²) in [7, 11) is 0. The SMILES string of the molecule is CC(C)(C)n1cc(C(=O)O)c(=O)c2cc(F)c(N3CC(N)C3)nc21. The van der Waals surface area contributed by atoms with Gasteiger partial charge in [0.1, 0.15) is 11.2 Å². The minimum absolute atomic E-state index is 0.0268. The van der Waals surface area contributed by atoms with Crippen molar-refractivity contribution in [1.29, 1.82) is 0 Å². The molecule has 0 unspecified atom stereocenters. The number of carboxylic acids is 1. The van der Waals surface area contributed by atoms with Crippen LogP contribution in [0.25, 0.3) is 11.0 Å². The third kappa shape index (κ3) is 2.52. The van der Waals surface area contributed by atoms with Crippen LogP contribution in [-0.4, -0.2) is 39.8 Å². The molecular formula is C16H19FN4O3. The Kier molecular flexibility index (Phi) is 3.60. The van der Waals surface area contributed by atoms with Gasteiger partial charge in [0.25, 0.3) is 0 Å². The molecule has 8 heteroatoms. The normalized spacial score (nSPS) is 15.6. The Balaban J connectivity index is 2.34. The van der Waals surface area contributed by atoms with Crippen molar-refractivity contribution in [2.75, 3.05) is 18.0 Å². The maximum Gasteiger partial charge on any atom is 0.341 e. The summed E-state index contributed by atoms with van der Waals surface area (Å²) in [6, 6.07) is 1.04. The third-order valence-electron chi connectivity index (χ3n) is 4.08. The molecule has 1 aliphatic heterocycles. The Hall–Kier alpha value is -2.48. The molecule has 1 aliphatic rings. The molecule has 3 N–H and O–H groups in total. The number of hydrogen-bond donors (Lipinski definition) is 2. The number of halogens is 1. The van der Waals surface area contributed by atoms with E-state index < -0.39 is 28.3 Å². The van der Waals surface area contributed by atoms with Crippen LogP contribution in [0.3, 0.4) is 0 Å². The predicted octanol–water partition coefficient (Wildman–Crippen LogP) is 1.14.